The third-order valence-electron chi connectivity index (χ3n) is 4.84. The summed E-state index contributed by atoms with van der Waals surface area (Å²) in [4.78, 5) is 23.2. The smallest absolute Gasteiger partial charge is 0.332 e. The van der Waals surface area contributed by atoms with Crippen LogP contribution in [0.25, 0.3) is 10.8 Å². The molecule has 0 amide bonds. The molecule has 0 aliphatic rings. The van der Waals surface area contributed by atoms with Gasteiger partial charge < -0.3 is 37.9 Å². The molecule has 2 rings (SSSR count). The molecule has 0 saturated carbocycles. The third-order valence-corrected chi connectivity index (χ3v) is 4.84. The molecule has 10 heteroatoms. The first-order valence-corrected chi connectivity index (χ1v) is 13.5. The van der Waals surface area contributed by atoms with Crippen LogP contribution >= 0.6 is 0 Å². The fourth-order valence-corrected chi connectivity index (χ4v) is 3.42. The van der Waals surface area contributed by atoms with Crippen molar-refractivity contribution in [1.29, 1.82) is 0 Å². The van der Waals surface area contributed by atoms with Crippen molar-refractivity contribution in [3.8, 4) is 11.5 Å². The highest BCUT2D eigenvalue weighted by Crippen LogP contribution is 2.32. The van der Waals surface area contributed by atoms with E-state index in [0.717, 1.165) is 22.3 Å². The molecule has 2 aromatic rings. The maximum absolute atomic E-state index is 11.6. The second kappa shape index (κ2) is 17.0. The molecule has 0 aromatic heterocycles. The van der Waals surface area contributed by atoms with E-state index in [-0.39, 0.29) is 26.4 Å². The Morgan fingerprint density at radius 3 is 1.25 bits per heavy atom. The van der Waals surface area contributed by atoms with Crippen LogP contribution in [0.5, 0.6) is 11.5 Å². The fourth-order valence-electron chi connectivity index (χ4n) is 3.42. The van der Waals surface area contributed by atoms with Gasteiger partial charge in [0.05, 0.1) is 39.6 Å². The van der Waals surface area contributed by atoms with Gasteiger partial charge in [0.25, 0.3) is 0 Å². The van der Waals surface area contributed by atoms with Gasteiger partial charge in [0, 0.05) is 10.8 Å². The molecule has 0 atom stereocenters. The number of carbonyl (C=O) groups is 2. The molecule has 0 unspecified atom stereocenters. The summed E-state index contributed by atoms with van der Waals surface area (Å²) in [6.45, 7) is 13.4. The standard InChI is InChI=1S/C30H44O10/c1-29(2,3)39-27(31)21-35-15-13-33-17-19-37-25-11-7-10-24-23(25)9-8-12-26(24)38-20-18-34-14-16-36-22-28(32)40-30(4,5)6/h7-12H,13-22H2,1-6H3. The maximum atomic E-state index is 11.6. The van der Waals surface area contributed by atoms with Crippen LogP contribution < -0.4 is 9.47 Å². The van der Waals surface area contributed by atoms with E-state index in [2.05, 4.69) is 0 Å². The van der Waals surface area contributed by atoms with Crippen LogP contribution in [-0.2, 0) is 38.0 Å². The minimum atomic E-state index is -0.528. The number of carbonyl (C=O) groups excluding carboxylic acids is 2. The summed E-state index contributed by atoms with van der Waals surface area (Å²) in [5.74, 6) is 0.658. The zero-order valence-corrected chi connectivity index (χ0v) is 24.6. The number of fused-ring (bicyclic) bond motifs is 1. The van der Waals surface area contributed by atoms with E-state index >= 15 is 0 Å². The van der Waals surface area contributed by atoms with Crippen molar-refractivity contribution in [2.24, 2.45) is 0 Å². The minimum absolute atomic E-state index is 0.103. The lowest BCUT2D eigenvalue weighted by Gasteiger charge is -2.19. The summed E-state index contributed by atoms with van der Waals surface area (Å²) in [7, 11) is 0. The van der Waals surface area contributed by atoms with Crippen LogP contribution in [-0.4, -0.2) is 89.2 Å². The highest BCUT2D eigenvalue weighted by Gasteiger charge is 2.17. The van der Waals surface area contributed by atoms with E-state index in [1.54, 1.807) is 0 Å². The molecule has 0 N–H and O–H groups in total. The summed E-state index contributed by atoms with van der Waals surface area (Å²) in [5.41, 5.74) is -1.06. The number of hydrogen-bond acceptors (Lipinski definition) is 10. The Morgan fingerprint density at radius 1 is 0.525 bits per heavy atom. The summed E-state index contributed by atoms with van der Waals surface area (Å²) in [5, 5.41) is 1.86. The van der Waals surface area contributed by atoms with Gasteiger partial charge in [-0.2, -0.15) is 0 Å². The number of ether oxygens (including phenoxy) is 8. The SMILES string of the molecule is CC(C)(C)OC(=O)COCCOCCOc1cccc2c(OCCOCCOCC(=O)OC(C)(C)C)cccc12. The number of hydrogen-bond donors (Lipinski definition) is 0. The van der Waals surface area contributed by atoms with Crippen LogP contribution in [0, 0.1) is 0 Å². The van der Waals surface area contributed by atoms with Crippen LogP contribution in [0.4, 0.5) is 0 Å². The van der Waals surface area contributed by atoms with Crippen molar-refractivity contribution < 1.29 is 47.5 Å². The lowest BCUT2D eigenvalue weighted by Crippen LogP contribution is -2.27. The lowest BCUT2D eigenvalue weighted by atomic mass is 10.1. The van der Waals surface area contributed by atoms with E-state index in [0.29, 0.717) is 39.6 Å². The first-order chi connectivity index (χ1) is 18.9. The molecule has 2 aromatic carbocycles. The molecule has 224 valence electrons. The van der Waals surface area contributed by atoms with Gasteiger partial charge in [-0.3, -0.25) is 0 Å². The van der Waals surface area contributed by atoms with E-state index in [9.17, 15) is 9.59 Å². The second-order valence-corrected chi connectivity index (χ2v) is 10.8. The molecule has 0 fully saturated rings. The summed E-state index contributed by atoms with van der Waals surface area (Å²) in [6.07, 6.45) is 0. The van der Waals surface area contributed by atoms with Gasteiger partial charge in [-0.05, 0) is 53.7 Å². The molecular formula is C30H44O10. The first-order valence-electron chi connectivity index (χ1n) is 13.5. The summed E-state index contributed by atoms with van der Waals surface area (Å²) >= 11 is 0. The second-order valence-electron chi connectivity index (χ2n) is 10.8. The highest BCUT2D eigenvalue weighted by atomic mass is 16.6. The normalized spacial score (nSPS) is 11.8. The third kappa shape index (κ3) is 14.5. The molecule has 10 nitrogen and oxygen atoms in total. The van der Waals surface area contributed by atoms with E-state index in [1.165, 1.54) is 0 Å². The Labute approximate surface area is 237 Å². The molecule has 40 heavy (non-hydrogen) atoms. The zero-order valence-electron chi connectivity index (χ0n) is 24.6. The van der Waals surface area contributed by atoms with Gasteiger partial charge in [0.2, 0.25) is 0 Å². The molecule has 0 spiro atoms. The molecule has 0 saturated heterocycles. The van der Waals surface area contributed by atoms with Gasteiger partial charge in [0.15, 0.2) is 0 Å². The highest BCUT2D eigenvalue weighted by molar-refractivity contribution is 5.93. The van der Waals surface area contributed by atoms with Crippen LogP contribution in [0.2, 0.25) is 0 Å². The Morgan fingerprint density at radius 2 is 0.875 bits per heavy atom. The number of esters is 2. The Balaban J connectivity index is 1.63. The topological polar surface area (TPSA) is 108 Å². The van der Waals surface area contributed by atoms with Crippen molar-refractivity contribution >= 4 is 22.7 Å². The van der Waals surface area contributed by atoms with Crippen molar-refractivity contribution in [3.05, 3.63) is 36.4 Å². The molecule has 0 aliphatic heterocycles. The van der Waals surface area contributed by atoms with E-state index < -0.39 is 23.1 Å². The van der Waals surface area contributed by atoms with Crippen molar-refractivity contribution in [2.75, 3.05) is 66.1 Å². The van der Waals surface area contributed by atoms with Crippen molar-refractivity contribution in [3.63, 3.8) is 0 Å². The largest absolute Gasteiger partial charge is 0.491 e. The quantitative estimate of drug-likeness (QED) is 0.192. The number of rotatable bonds is 18. The first kappa shape index (κ1) is 33.3. The van der Waals surface area contributed by atoms with Crippen LogP contribution in [0.1, 0.15) is 41.5 Å². The van der Waals surface area contributed by atoms with Gasteiger partial charge in [-0.15, -0.1) is 0 Å². The predicted octanol–water partition coefficient (Wildman–Crippen LogP) is 4.35. The summed E-state index contributed by atoms with van der Waals surface area (Å²) < 4.78 is 43.8. The van der Waals surface area contributed by atoms with Gasteiger partial charge in [0.1, 0.15) is 49.1 Å². The lowest BCUT2D eigenvalue weighted by molar-refractivity contribution is -0.161. The van der Waals surface area contributed by atoms with Crippen LogP contribution in [0.3, 0.4) is 0 Å². The van der Waals surface area contributed by atoms with Crippen LogP contribution in [0.15, 0.2) is 36.4 Å². The number of benzene rings is 2. The zero-order chi connectivity index (χ0) is 29.4. The maximum Gasteiger partial charge on any atom is 0.332 e. The Kier molecular flexibility index (Phi) is 14.2. The Hall–Kier alpha value is -2.92. The molecule has 0 heterocycles. The van der Waals surface area contributed by atoms with Gasteiger partial charge in [-0.25, -0.2) is 9.59 Å². The van der Waals surface area contributed by atoms with E-state index in [1.807, 2.05) is 77.9 Å². The monoisotopic (exact) mass is 564 g/mol. The van der Waals surface area contributed by atoms with Gasteiger partial charge in [-0.1, -0.05) is 24.3 Å². The van der Waals surface area contributed by atoms with Crippen molar-refractivity contribution in [2.45, 2.75) is 52.7 Å². The average molecular weight is 565 g/mol. The van der Waals surface area contributed by atoms with Crippen molar-refractivity contribution in [1.82, 2.24) is 0 Å². The average Bonchev–Trinajstić information content (AvgIpc) is 2.85. The molecule has 0 radical (unpaired) electrons. The predicted molar refractivity (Wildman–Crippen MR) is 150 cm³/mol. The van der Waals surface area contributed by atoms with Gasteiger partial charge >= 0.3 is 11.9 Å². The Bertz CT molecular complexity index is 956. The minimum Gasteiger partial charge on any atom is -0.491 e. The molecule has 0 bridgehead atoms. The van der Waals surface area contributed by atoms with E-state index in [4.69, 9.17) is 37.9 Å². The molecule has 0 aliphatic carbocycles. The molecular weight excluding hydrogens is 520 g/mol. The summed E-state index contributed by atoms with van der Waals surface area (Å²) in [6, 6.07) is 11.6. The fraction of sp³-hybridized carbons (Fsp3) is 0.600.